The Bertz CT molecular complexity index is 986. The van der Waals surface area contributed by atoms with Crippen LogP contribution in [0.15, 0.2) is 36.4 Å². The van der Waals surface area contributed by atoms with Gasteiger partial charge in [0.15, 0.2) is 9.84 Å². The van der Waals surface area contributed by atoms with E-state index in [2.05, 4.69) is 5.32 Å². The largest absolute Gasteiger partial charge is 0.462 e. The monoisotopic (exact) mass is 436 g/mol. The van der Waals surface area contributed by atoms with Gasteiger partial charge in [-0.1, -0.05) is 30.3 Å². The maximum atomic E-state index is 12.6. The molecule has 1 unspecified atom stereocenters. The fourth-order valence-electron chi connectivity index (χ4n) is 3.25. The van der Waals surface area contributed by atoms with Gasteiger partial charge in [-0.25, -0.2) is 13.2 Å². The van der Waals surface area contributed by atoms with Crippen molar-refractivity contribution in [2.75, 3.05) is 37.0 Å². The Balaban J connectivity index is 1.75. The van der Waals surface area contributed by atoms with Crippen molar-refractivity contribution in [3.63, 3.8) is 0 Å². The van der Waals surface area contributed by atoms with Gasteiger partial charge in [0, 0.05) is 10.9 Å². The third kappa shape index (κ3) is 5.43. The van der Waals surface area contributed by atoms with E-state index in [1.54, 1.807) is 24.9 Å². The summed E-state index contributed by atoms with van der Waals surface area (Å²) >= 11 is 1.26. The first-order chi connectivity index (χ1) is 13.8. The number of benzene rings is 1. The van der Waals surface area contributed by atoms with E-state index in [-0.39, 0.29) is 36.6 Å². The topological polar surface area (TPSA) is 92.8 Å². The Hall–Kier alpha value is -2.23. The Kier molecular flexibility index (Phi) is 6.71. The van der Waals surface area contributed by atoms with Crippen LogP contribution in [0.5, 0.6) is 0 Å². The lowest BCUT2D eigenvalue weighted by Crippen LogP contribution is -2.38. The van der Waals surface area contributed by atoms with E-state index in [9.17, 15) is 18.0 Å². The summed E-state index contributed by atoms with van der Waals surface area (Å²) in [7, 11) is -1.28. The van der Waals surface area contributed by atoms with Gasteiger partial charge in [0.2, 0.25) is 5.91 Å². The summed E-state index contributed by atoms with van der Waals surface area (Å²) in [5.74, 6) is -0.562. The van der Waals surface area contributed by atoms with Gasteiger partial charge in [0.05, 0.1) is 30.3 Å². The molecule has 1 aromatic heterocycles. The number of esters is 1. The molecular weight excluding hydrogens is 412 g/mol. The molecule has 0 bridgehead atoms. The fourth-order valence-corrected chi connectivity index (χ4v) is 6.06. The number of nitrogens with zero attached hydrogens (tertiary/aromatic N) is 1. The lowest BCUT2D eigenvalue weighted by atomic mass is 10.2. The van der Waals surface area contributed by atoms with E-state index >= 15 is 0 Å². The number of nitrogens with one attached hydrogen (secondary N) is 1. The van der Waals surface area contributed by atoms with Crippen molar-refractivity contribution in [3.05, 3.63) is 41.3 Å². The highest BCUT2D eigenvalue weighted by atomic mass is 32.2. The number of ether oxygens (including phenoxy) is 1. The molecule has 9 heteroatoms. The highest BCUT2D eigenvalue weighted by Gasteiger charge is 2.31. The molecule has 2 aromatic rings. The molecular formula is C20H24N2O5S2. The third-order valence-electron chi connectivity index (χ3n) is 4.75. The number of anilines is 1. The van der Waals surface area contributed by atoms with Crippen molar-refractivity contribution in [2.45, 2.75) is 19.4 Å². The first-order valence-corrected chi connectivity index (χ1v) is 12.0. The predicted molar refractivity (Wildman–Crippen MR) is 114 cm³/mol. The van der Waals surface area contributed by atoms with Crippen molar-refractivity contribution in [1.82, 2.24) is 4.90 Å². The van der Waals surface area contributed by atoms with Gasteiger partial charge in [-0.3, -0.25) is 9.69 Å². The number of rotatable bonds is 7. The average Bonchev–Trinajstić information content (AvgIpc) is 3.26. The smallest absolute Gasteiger partial charge is 0.350 e. The minimum Gasteiger partial charge on any atom is -0.462 e. The summed E-state index contributed by atoms with van der Waals surface area (Å²) in [4.78, 5) is 27.9. The van der Waals surface area contributed by atoms with Crippen molar-refractivity contribution in [3.8, 4) is 10.4 Å². The second-order valence-electron chi connectivity index (χ2n) is 6.96. The Morgan fingerprint density at radius 3 is 2.62 bits per heavy atom. The number of hydrogen-bond acceptors (Lipinski definition) is 7. The van der Waals surface area contributed by atoms with Gasteiger partial charge < -0.3 is 10.1 Å². The Labute approximate surface area is 174 Å². The van der Waals surface area contributed by atoms with E-state index in [0.29, 0.717) is 17.0 Å². The summed E-state index contributed by atoms with van der Waals surface area (Å²) in [6, 6.07) is 11.2. The lowest BCUT2D eigenvalue weighted by molar-refractivity contribution is -0.117. The first-order valence-electron chi connectivity index (χ1n) is 9.36. The molecule has 1 aromatic carbocycles. The van der Waals surface area contributed by atoms with E-state index in [1.807, 2.05) is 30.3 Å². The second-order valence-corrected chi connectivity index (χ2v) is 10.2. The van der Waals surface area contributed by atoms with Crippen LogP contribution in [-0.4, -0.2) is 62.9 Å². The van der Waals surface area contributed by atoms with Crippen LogP contribution in [0.2, 0.25) is 0 Å². The fraction of sp³-hybridized carbons (Fsp3) is 0.400. The van der Waals surface area contributed by atoms with Crippen LogP contribution in [0.1, 0.15) is 23.0 Å². The minimum atomic E-state index is -3.02. The van der Waals surface area contributed by atoms with E-state index in [4.69, 9.17) is 4.74 Å². The van der Waals surface area contributed by atoms with Crippen molar-refractivity contribution in [1.29, 1.82) is 0 Å². The van der Waals surface area contributed by atoms with Crippen LogP contribution in [0.4, 0.5) is 5.69 Å². The van der Waals surface area contributed by atoms with Crippen molar-refractivity contribution in [2.24, 2.45) is 0 Å². The highest BCUT2D eigenvalue weighted by Crippen LogP contribution is 2.35. The molecule has 7 nitrogen and oxygen atoms in total. The molecule has 156 valence electrons. The molecule has 1 amide bonds. The quantitative estimate of drug-likeness (QED) is 0.671. The molecule has 0 aliphatic carbocycles. The van der Waals surface area contributed by atoms with Crippen LogP contribution in [0.3, 0.4) is 0 Å². The van der Waals surface area contributed by atoms with Crippen molar-refractivity contribution < 1.29 is 22.7 Å². The zero-order valence-corrected chi connectivity index (χ0v) is 18.0. The maximum Gasteiger partial charge on any atom is 0.350 e. The Morgan fingerprint density at radius 2 is 2.00 bits per heavy atom. The molecule has 1 aliphatic rings. The number of carbonyl (C=O) groups excluding carboxylic acids is 2. The standard InChI is InChI=1S/C20H24N2O5S2/c1-3-27-20(24)19-16(11-17(28-19)14-7-5-4-6-8-14)21-18(23)12-22(2)15-9-10-29(25,26)13-15/h4-8,11,15H,3,9-10,12-13H2,1-2H3,(H,21,23). The normalized spacial score (nSPS) is 18.0. The maximum absolute atomic E-state index is 12.6. The second kappa shape index (κ2) is 9.06. The Morgan fingerprint density at radius 1 is 1.28 bits per heavy atom. The molecule has 0 radical (unpaired) electrons. The van der Waals surface area contributed by atoms with Gasteiger partial charge in [0.1, 0.15) is 4.88 Å². The third-order valence-corrected chi connectivity index (χ3v) is 7.66. The minimum absolute atomic E-state index is 0.0406. The van der Waals surface area contributed by atoms with Crippen molar-refractivity contribution >= 4 is 38.7 Å². The summed E-state index contributed by atoms with van der Waals surface area (Å²) in [5, 5.41) is 2.79. The van der Waals surface area contributed by atoms with Crippen LogP contribution in [0, 0.1) is 0 Å². The molecule has 0 spiro atoms. The number of sulfone groups is 1. The molecule has 1 N–H and O–H groups in total. The zero-order chi connectivity index (χ0) is 21.0. The van der Waals surface area contributed by atoms with Gasteiger partial charge >= 0.3 is 5.97 Å². The molecule has 1 atom stereocenters. The summed E-state index contributed by atoms with van der Waals surface area (Å²) < 4.78 is 28.5. The molecule has 29 heavy (non-hydrogen) atoms. The van der Waals surface area contributed by atoms with Crippen LogP contribution in [-0.2, 0) is 19.4 Å². The number of amides is 1. The average molecular weight is 437 g/mol. The summed E-state index contributed by atoms with van der Waals surface area (Å²) in [5.41, 5.74) is 1.35. The summed E-state index contributed by atoms with van der Waals surface area (Å²) in [6.45, 7) is 2.01. The summed E-state index contributed by atoms with van der Waals surface area (Å²) in [6.07, 6.45) is 0.525. The molecule has 0 saturated carbocycles. The van der Waals surface area contributed by atoms with E-state index in [1.165, 1.54) is 11.3 Å². The lowest BCUT2D eigenvalue weighted by Gasteiger charge is -2.22. The van der Waals surface area contributed by atoms with E-state index in [0.717, 1.165) is 10.4 Å². The van der Waals surface area contributed by atoms with Gasteiger partial charge in [-0.2, -0.15) is 0 Å². The van der Waals surface area contributed by atoms with Gasteiger partial charge in [-0.05, 0) is 32.0 Å². The molecule has 1 saturated heterocycles. The molecule has 1 fully saturated rings. The SMILES string of the molecule is CCOC(=O)c1sc(-c2ccccc2)cc1NC(=O)CN(C)C1CCS(=O)(=O)C1. The number of hydrogen-bond donors (Lipinski definition) is 1. The molecule has 3 rings (SSSR count). The zero-order valence-electron chi connectivity index (χ0n) is 16.4. The number of likely N-dealkylation sites (N-methyl/N-ethyl adjacent to an activating group) is 1. The van der Waals surface area contributed by atoms with Crippen LogP contribution >= 0.6 is 11.3 Å². The van der Waals surface area contributed by atoms with Crippen LogP contribution < -0.4 is 5.32 Å². The van der Waals surface area contributed by atoms with E-state index < -0.39 is 15.8 Å². The number of carbonyl (C=O) groups is 2. The molecule has 1 aliphatic heterocycles. The predicted octanol–water partition coefficient (Wildman–Crippen LogP) is 2.65. The number of thiophene rings is 1. The first kappa shape index (κ1) is 21.5. The van der Waals surface area contributed by atoms with Gasteiger partial charge in [0.25, 0.3) is 0 Å². The van der Waals surface area contributed by atoms with Gasteiger partial charge in [-0.15, -0.1) is 11.3 Å². The molecule has 2 heterocycles. The highest BCUT2D eigenvalue weighted by molar-refractivity contribution is 7.91. The van der Waals surface area contributed by atoms with Crippen LogP contribution in [0.25, 0.3) is 10.4 Å².